The molecule has 7 heterocycles. The largest absolute Gasteiger partial charge is 0.488 e. The van der Waals surface area contributed by atoms with Gasteiger partial charge in [-0.3, -0.25) is 43.8 Å². The monoisotopic (exact) mass is 788 g/mol. The molecule has 1 saturated carbocycles. The van der Waals surface area contributed by atoms with Crippen LogP contribution in [-0.2, 0) is 9.59 Å². The molecular formula is C41H41FN10O6. The van der Waals surface area contributed by atoms with E-state index < -0.39 is 35.3 Å². The zero-order chi connectivity index (χ0) is 39.9. The quantitative estimate of drug-likeness (QED) is 0.197. The minimum atomic E-state index is -1.45. The highest BCUT2D eigenvalue weighted by Crippen LogP contribution is 2.40. The molecule has 16 nitrogen and oxygen atoms in total. The normalized spacial score (nSPS) is 21.7. The van der Waals surface area contributed by atoms with E-state index in [9.17, 15) is 24.0 Å². The van der Waals surface area contributed by atoms with Crippen molar-refractivity contribution in [2.24, 2.45) is 5.92 Å². The number of nitrogens with one attached hydrogen (secondary N) is 2. The minimum absolute atomic E-state index is 0.0131. The molecule has 1 unspecified atom stereocenters. The number of benzene rings is 2. The van der Waals surface area contributed by atoms with E-state index in [1.54, 1.807) is 41.2 Å². The molecule has 3 saturated heterocycles. The summed E-state index contributed by atoms with van der Waals surface area (Å²) in [4.78, 5) is 73.2. The number of anilines is 2. The fourth-order valence-electron chi connectivity index (χ4n) is 8.81. The molecule has 0 spiro atoms. The molecule has 5 aromatic rings. The molecule has 5 amide bonds. The lowest BCUT2D eigenvalue weighted by atomic mass is 9.92. The molecule has 4 aliphatic heterocycles. The van der Waals surface area contributed by atoms with Gasteiger partial charge in [0.2, 0.25) is 11.8 Å². The number of fused-ring (bicyclic) bond motifs is 3. The van der Waals surface area contributed by atoms with Gasteiger partial charge < -0.3 is 15.0 Å². The Bertz CT molecular complexity index is 2530. The lowest BCUT2D eigenvalue weighted by molar-refractivity contribution is -0.136. The fraction of sp³-hybridized carbons (Fsp3) is 0.415. The summed E-state index contributed by atoms with van der Waals surface area (Å²) in [5.41, 5.74) is 1.68. The second kappa shape index (κ2) is 13.7. The van der Waals surface area contributed by atoms with Gasteiger partial charge in [0.05, 0.1) is 53.8 Å². The lowest BCUT2D eigenvalue weighted by Gasteiger charge is -2.48. The summed E-state index contributed by atoms with van der Waals surface area (Å²) < 4.78 is 26.1. The lowest BCUT2D eigenvalue weighted by Crippen LogP contribution is -2.64. The van der Waals surface area contributed by atoms with E-state index >= 15 is 4.39 Å². The van der Waals surface area contributed by atoms with E-state index in [-0.39, 0.29) is 61.7 Å². The van der Waals surface area contributed by atoms with E-state index in [0.717, 1.165) is 41.5 Å². The van der Waals surface area contributed by atoms with Gasteiger partial charge in [-0.05, 0) is 75.3 Å². The van der Waals surface area contributed by atoms with E-state index in [1.807, 2.05) is 27.9 Å². The van der Waals surface area contributed by atoms with Crippen molar-refractivity contribution in [2.75, 3.05) is 42.9 Å². The number of rotatable bonds is 10. The highest BCUT2D eigenvalue weighted by atomic mass is 19.1. The second-order valence-electron chi connectivity index (χ2n) is 16.3. The molecule has 3 aromatic heterocycles. The Balaban J connectivity index is 0.778. The van der Waals surface area contributed by atoms with Crippen LogP contribution >= 0.6 is 0 Å². The fourth-order valence-corrected chi connectivity index (χ4v) is 8.81. The maximum Gasteiger partial charge on any atom is 0.262 e. The van der Waals surface area contributed by atoms with Gasteiger partial charge in [0.15, 0.2) is 11.3 Å². The number of ether oxygens (including phenoxy) is 1. The van der Waals surface area contributed by atoms with Crippen molar-refractivity contribution in [2.45, 2.75) is 69.3 Å². The third-order valence-electron chi connectivity index (χ3n) is 12.2. The van der Waals surface area contributed by atoms with E-state index in [4.69, 9.17) is 9.84 Å². The van der Waals surface area contributed by atoms with Crippen molar-refractivity contribution in [3.8, 4) is 5.75 Å². The van der Waals surface area contributed by atoms with Crippen LogP contribution in [0.4, 0.5) is 15.8 Å². The van der Waals surface area contributed by atoms with Gasteiger partial charge in [0, 0.05) is 61.8 Å². The van der Waals surface area contributed by atoms with Gasteiger partial charge in [-0.1, -0.05) is 0 Å². The first-order chi connectivity index (χ1) is 28.0. The minimum Gasteiger partial charge on any atom is -0.488 e. The maximum atomic E-state index is 16.1. The van der Waals surface area contributed by atoms with Gasteiger partial charge in [0.25, 0.3) is 17.7 Å². The number of piperidine rings is 2. The number of amides is 5. The van der Waals surface area contributed by atoms with Crippen molar-refractivity contribution in [3.05, 3.63) is 77.9 Å². The first-order valence-electron chi connectivity index (χ1n) is 19.8. The molecule has 4 fully saturated rings. The molecule has 10 rings (SSSR count). The number of nitrogens with zero attached hydrogens (tertiary/aromatic N) is 8. The predicted octanol–water partition coefficient (Wildman–Crippen LogP) is 3.78. The van der Waals surface area contributed by atoms with Crippen molar-refractivity contribution >= 4 is 57.5 Å². The van der Waals surface area contributed by atoms with Crippen LogP contribution < -0.4 is 20.3 Å². The van der Waals surface area contributed by atoms with Crippen molar-refractivity contribution in [1.29, 1.82) is 0 Å². The number of likely N-dealkylation sites (tertiary alicyclic amines) is 1. The number of aromatic nitrogens is 5. The van der Waals surface area contributed by atoms with Gasteiger partial charge in [0.1, 0.15) is 17.4 Å². The number of carbonyl (C=O) groups excluding carboxylic acids is 5. The Kier molecular flexibility index (Phi) is 8.54. The van der Waals surface area contributed by atoms with E-state index in [1.165, 1.54) is 6.20 Å². The summed E-state index contributed by atoms with van der Waals surface area (Å²) in [6.07, 6.45) is 10.8. The number of imide groups is 2. The Morgan fingerprint density at radius 1 is 1.03 bits per heavy atom. The average Bonchev–Trinajstić information content (AvgIpc) is 3.76. The van der Waals surface area contributed by atoms with Crippen LogP contribution in [-0.4, -0.2) is 114 Å². The number of hydrogen-bond donors (Lipinski definition) is 2. The zero-order valence-corrected chi connectivity index (χ0v) is 31.8. The summed E-state index contributed by atoms with van der Waals surface area (Å²) in [6.45, 7) is 4.00. The number of hydrogen-bond acceptors (Lipinski definition) is 11. The smallest absolute Gasteiger partial charge is 0.262 e. The van der Waals surface area contributed by atoms with Crippen LogP contribution in [0.1, 0.15) is 82.6 Å². The van der Waals surface area contributed by atoms with Gasteiger partial charge in [-0.25, -0.2) is 13.9 Å². The molecule has 2 N–H and O–H groups in total. The van der Waals surface area contributed by atoms with E-state index in [0.29, 0.717) is 47.3 Å². The van der Waals surface area contributed by atoms with Crippen LogP contribution in [0, 0.1) is 5.92 Å². The van der Waals surface area contributed by atoms with Crippen molar-refractivity contribution < 1.29 is 33.1 Å². The predicted molar refractivity (Wildman–Crippen MR) is 207 cm³/mol. The summed E-state index contributed by atoms with van der Waals surface area (Å²) in [7, 11) is 0. The molecule has 5 aliphatic rings. The topological polar surface area (TPSA) is 176 Å². The third-order valence-corrected chi connectivity index (χ3v) is 12.2. The molecule has 2 atom stereocenters. The van der Waals surface area contributed by atoms with Crippen LogP contribution in [0.2, 0.25) is 0 Å². The SMILES string of the molecule is C[C@@H](Oc1cc2nn(C3CCN(CC4(F)CN(c5ccc6c(c5)C(=O)N(C5CCC(=O)NC5=O)C6=O)C4)CC3)cc2cc1NC(=O)c1cnn2cccnc12)C1CC1. The Hall–Kier alpha value is -6.23. The van der Waals surface area contributed by atoms with Gasteiger partial charge in [-0.15, -0.1) is 0 Å². The standard InChI is InChI=1S/C41H41FN10O6/c1-23(24-3-4-24)58-34-17-31-25(15-32(34)45-37(54)30-18-44-50-12-2-11-43-36(30)50)19-51(47-31)26-9-13-48(14-10-26)20-41(42)21-49(22-41)27-5-6-28-29(16-27)40(57)52(39(28)56)33-7-8-35(53)46-38(33)55/h2,5-6,11-12,15-19,23-24,26,33H,3-4,7-10,13-14,20-22H2,1H3,(H,45,54)(H,46,53,55)/t23-,33?/m1/s1. The Morgan fingerprint density at radius 2 is 1.83 bits per heavy atom. The number of halogens is 1. The zero-order valence-electron chi connectivity index (χ0n) is 31.8. The van der Waals surface area contributed by atoms with E-state index in [2.05, 4.69) is 32.5 Å². The number of alkyl halides is 1. The molecule has 17 heteroatoms. The van der Waals surface area contributed by atoms with Crippen molar-refractivity contribution in [3.63, 3.8) is 0 Å². The molecule has 58 heavy (non-hydrogen) atoms. The van der Waals surface area contributed by atoms with Gasteiger partial charge in [-0.2, -0.15) is 10.2 Å². The highest BCUT2D eigenvalue weighted by Gasteiger charge is 2.48. The molecule has 1 aliphatic carbocycles. The molecule has 298 valence electrons. The molecule has 0 bridgehead atoms. The molecule has 2 aromatic carbocycles. The Morgan fingerprint density at radius 3 is 2.60 bits per heavy atom. The number of carbonyl (C=O) groups is 5. The molecule has 0 radical (unpaired) electrons. The summed E-state index contributed by atoms with van der Waals surface area (Å²) in [5.74, 6) is -1.55. The second-order valence-corrected chi connectivity index (χ2v) is 16.3. The Labute approximate surface area is 331 Å². The third kappa shape index (κ3) is 6.42. The molecular weight excluding hydrogens is 748 g/mol. The van der Waals surface area contributed by atoms with Gasteiger partial charge >= 0.3 is 0 Å². The summed E-state index contributed by atoms with van der Waals surface area (Å²) in [6, 6.07) is 9.47. The van der Waals surface area contributed by atoms with Crippen LogP contribution in [0.5, 0.6) is 5.75 Å². The van der Waals surface area contributed by atoms with Crippen LogP contribution in [0.15, 0.2) is 61.2 Å². The first kappa shape index (κ1) is 36.1. The van der Waals surface area contributed by atoms with Crippen molar-refractivity contribution in [1.82, 2.24) is 39.5 Å². The maximum absolute atomic E-state index is 16.1. The highest BCUT2D eigenvalue weighted by molar-refractivity contribution is 6.23. The first-order valence-corrected chi connectivity index (χ1v) is 19.8. The van der Waals surface area contributed by atoms with Crippen LogP contribution in [0.3, 0.4) is 0 Å². The summed E-state index contributed by atoms with van der Waals surface area (Å²) in [5, 5.41) is 15.3. The summed E-state index contributed by atoms with van der Waals surface area (Å²) >= 11 is 0. The average molecular weight is 789 g/mol. The van der Waals surface area contributed by atoms with Crippen LogP contribution in [0.25, 0.3) is 16.6 Å².